The van der Waals surface area contributed by atoms with Crippen LogP contribution in [0.2, 0.25) is 0 Å². The van der Waals surface area contributed by atoms with Crippen LogP contribution in [0.25, 0.3) is 0 Å². The third kappa shape index (κ3) is 4.17. The maximum absolute atomic E-state index is 13.8. The molecular weight excluding hydrogens is 340 g/mol. The molecule has 0 aliphatic carbocycles. The van der Waals surface area contributed by atoms with Gasteiger partial charge in [-0.3, -0.25) is 9.59 Å². The van der Waals surface area contributed by atoms with Gasteiger partial charge in [-0.1, -0.05) is 24.3 Å². The van der Waals surface area contributed by atoms with Crippen molar-refractivity contribution in [3.63, 3.8) is 0 Å². The lowest BCUT2D eigenvalue weighted by Gasteiger charge is -2.36. The van der Waals surface area contributed by atoms with Gasteiger partial charge in [-0.15, -0.1) is 0 Å². The summed E-state index contributed by atoms with van der Waals surface area (Å²) in [5.41, 5.74) is 0.562. The number of benzene rings is 2. The molecule has 2 aromatic rings. The molecule has 5 nitrogen and oxygen atoms in total. The average molecular weight is 359 g/mol. The van der Waals surface area contributed by atoms with Crippen molar-refractivity contribution < 1.29 is 18.4 Å². The van der Waals surface area contributed by atoms with E-state index in [4.69, 9.17) is 0 Å². The van der Waals surface area contributed by atoms with Crippen molar-refractivity contribution in [2.75, 3.05) is 36.4 Å². The molecule has 1 fully saturated rings. The summed E-state index contributed by atoms with van der Waals surface area (Å²) in [7, 11) is 0. The molecule has 1 aliphatic rings. The fraction of sp³-hybridized carbons (Fsp3) is 0.263. The van der Waals surface area contributed by atoms with Crippen LogP contribution in [0.1, 0.15) is 6.42 Å². The summed E-state index contributed by atoms with van der Waals surface area (Å²) < 4.78 is 27.4. The van der Waals surface area contributed by atoms with Crippen LogP contribution in [-0.2, 0) is 9.59 Å². The lowest BCUT2D eigenvalue weighted by Crippen LogP contribution is -2.49. The molecule has 3 rings (SSSR count). The second-order valence-corrected chi connectivity index (χ2v) is 6.02. The number of hydrogen-bond donors (Lipinski definition) is 1. The Morgan fingerprint density at radius 2 is 1.50 bits per heavy atom. The molecule has 1 aliphatic heterocycles. The van der Waals surface area contributed by atoms with Crippen molar-refractivity contribution in [1.29, 1.82) is 0 Å². The first kappa shape index (κ1) is 17.8. The number of carbonyl (C=O) groups excluding carboxylic acids is 2. The maximum atomic E-state index is 13.8. The number of nitrogens with one attached hydrogen (secondary N) is 1. The average Bonchev–Trinajstić information content (AvgIpc) is 2.64. The van der Waals surface area contributed by atoms with Crippen molar-refractivity contribution in [3.05, 3.63) is 60.2 Å². The minimum atomic E-state index is -0.559. The molecule has 136 valence electrons. The van der Waals surface area contributed by atoms with E-state index in [1.165, 1.54) is 24.3 Å². The van der Waals surface area contributed by atoms with Crippen molar-refractivity contribution in [3.8, 4) is 0 Å². The van der Waals surface area contributed by atoms with Crippen LogP contribution in [0.4, 0.5) is 20.2 Å². The highest BCUT2D eigenvalue weighted by atomic mass is 19.1. The number of anilines is 2. The summed E-state index contributed by atoms with van der Waals surface area (Å²) in [6, 6.07) is 12.3. The summed E-state index contributed by atoms with van der Waals surface area (Å²) >= 11 is 0. The molecule has 0 radical (unpaired) electrons. The quantitative estimate of drug-likeness (QED) is 0.854. The number of hydrogen-bond acceptors (Lipinski definition) is 3. The zero-order valence-corrected chi connectivity index (χ0v) is 14.1. The van der Waals surface area contributed by atoms with Crippen LogP contribution in [0.15, 0.2) is 48.5 Å². The van der Waals surface area contributed by atoms with Crippen LogP contribution in [0, 0.1) is 11.6 Å². The highest BCUT2D eigenvalue weighted by Crippen LogP contribution is 2.20. The minimum Gasteiger partial charge on any atom is -0.366 e. The van der Waals surface area contributed by atoms with Gasteiger partial charge in [0.1, 0.15) is 18.1 Å². The molecule has 0 aromatic heterocycles. The minimum absolute atomic E-state index is 0.0506. The first-order valence-electron chi connectivity index (χ1n) is 8.36. The number of amides is 2. The van der Waals surface area contributed by atoms with Crippen molar-refractivity contribution >= 4 is 23.2 Å². The molecule has 0 saturated carbocycles. The van der Waals surface area contributed by atoms with Gasteiger partial charge in [0.05, 0.1) is 11.4 Å². The Morgan fingerprint density at radius 3 is 2.15 bits per heavy atom. The Balaban J connectivity index is 1.51. The Hall–Kier alpha value is -2.96. The molecule has 0 spiro atoms. The van der Waals surface area contributed by atoms with Crippen molar-refractivity contribution in [1.82, 2.24) is 4.90 Å². The molecule has 1 saturated heterocycles. The Labute approximate surface area is 150 Å². The molecule has 2 amide bonds. The van der Waals surface area contributed by atoms with Crippen LogP contribution < -0.4 is 10.2 Å². The number of rotatable bonds is 4. The normalized spacial score (nSPS) is 14.2. The van der Waals surface area contributed by atoms with Crippen LogP contribution in [0.5, 0.6) is 0 Å². The number of halogens is 2. The smallest absolute Gasteiger partial charge is 0.233 e. The van der Waals surface area contributed by atoms with Crippen LogP contribution in [-0.4, -0.2) is 42.9 Å². The van der Waals surface area contributed by atoms with Gasteiger partial charge < -0.3 is 15.1 Å². The van der Waals surface area contributed by atoms with E-state index in [0.717, 1.165) is 0 Å². The van der Waals surface area contributed by atoms with E-state index in [-0.39, 0.29) is 23.8 Å². The third-order valence-electron chi connectivity index (χ3n) is 4.29. The first-order valence-corrected chi connectivity index (χ1v) is 8.36. The monoisotopic (exact) mass is 359 g/mol. The van der Waals surface area contributed by atoms with Gasteiger partial charge in [0.15, 0.2) is 0 Å². The molecule has 26 heavy (non-hydrogen) atoms. The molecule has 7 heteroatoms. The predicted octanol–water partition coefficient (Wildman–Crippen LogP) is 2.64. The first-order chi connectivity index (χ1) is 12.5. The van der Waals surface area contributed by atoms with E-state index in [2.05, 4.69) is 5.32 Å². The van der Waals surface area contributed by atoms with Gasteiger partial charge in [0.25, 0.3) is 0 Å². The second kappa shape index (κ2) is 7.95. The fourth-order valence-corrected chi connectivity index (χ4v) is 2.91. The molecule has 1 heterocycles. The van der Waals surface area contributed by atoms with E-state index < -0.39 is 11.7 Å². The summed E-state index contributed by atoms with van der Waals surface area (Å²) in [6.45, 7) is 1.78. The van der Waals surface area contributed by atoms with Gasteiger partial charge in [-0.25, -0.2) is 8.78 Å². The lowest BCUT2D eigenvalue weighted by molar-refractivity contribution is -0.134. The summed E-state index contributed by atoms with van der Waals surface area (Å²) in [5, 5.41) is 2.40. The topological polar surface area (TPSA) is 52.7 Å². The Kier molecular flexibility index (Phi) is 5.46. The maximum Gasteiger partial charge on any atom is 0.233 e. The van der Waals surface area contributed by atoms with E-state index in [1.54, 1.807) is 29.2 Å². The molecule has 1 N–H and O–H groups in total. The third-order valence-corrected chi connectivity index (χ3v) is 4.29. The zero-order valence-electron chi connectivity index (χ0n) is 14.1. The predicted molar refractivity (Wildman–Crippen MR) is 94.8 cm³/mol. The fourth-order valence-electron chi connectivity index (χ4n) is 2.91. The highest BCUT2D eigenvalue weighted by molar-refractivity contribution is 6.03. The Morgan fingerprint density at radius 1 is 0.885 bits per heavy atom. The standard InChI is InChI=1S/C19H19F2N3O2/c20-14-5-1-3-7-16(14)22-18(25)13-19(26)24-11-9-23(10-12-24)17-8-4-2-6-15(17)21/h1-8H,9-13H2,(H,22,25). The SMILES string of the molecule is O=C(CC(=O)N1CCN(c2ccccc2F)CC1)Nc1ccccc1F. The van der Waals surface area contributed by atoms with E-state index in [9.17, 15) is 18.4 Å². The molecule has 2 aromatic carbocycles. The number of nitrogens with zero attached hydrogens (tertiary/aromatic N) is 2. The number of carbonyl (C=O) groups is 2. The lowest BCUT2D eigenvalue weighted by atomic mass is 10.2. The van der Waals surface area contributed by atoms with Crippen molar-refractivity contribution in [2.45, 2.75) is 6.42 Å². The van der Waals surface area contributed by atoms with Gasteiger partial charge in [0.2, 0.25) is 11.8 Å². The molecule has 0 unspecified atom stereocenters. The van der Waals surface area contributed by atoms with Gasteiger partial charge >= 0.3 is 0 Å². The van der Waals surface area contributed by atoms with Crippen LogP contribution >= 0.6 is 0 Å². The molecular formula is C19H19F2N3O2. The van der Waals surface area contributed by atoms with Gasteiger partial charge in [-0.2, -0.15) is 0 Å². The highest BCUT2D eigenvalue weighted by Gasteiger charge is 2.24. The van der Waals surface area contributed by atoms with Gasteiger partial charge in [0, 0.05) is 26.2 Å². The summed E-state index contributed by atoms with van der Waals surface area (Å²) in [5.74, 6) is -1.73. The van der Waals surface area contributed by atoms with Crippen molar-refractivity contribution in [2.24, 2.45) is 0 Å². The number of para-hydroxylation sites is 2. The zero-order chi connectivity index (χ0) is 18.5. The van der Waals surface area contributed by atoms with E-state index >= 15 is 0 Å². The second-order valence-electron chi connectivity index (χ2n) is 6.02. The largest absolute Gasteiger partial charge is 0.366 e. The summed E-state index contributed by atoms with van der Waals surface area (Å²) in [4.78, 5) is 27.7. The van der Waals surface area contributed by atoms with E-state index in [0.29, 0.717) is 31.9 Å². The Bertz CT molecular complexity index is 805. The summed E-state index contributed by atoms with van der Waals surface area (Å²) in [6.07, 6.45) is -0.353. The van der Waals surface area contributed by atoms with Crippen LogP contribution in [0.3, 0.4) is 0 Å². The van der Waals surface area contributed by atoms with E-state index in [1.807, 2.05) is 4.90 Å². The van der Waals surface area contributed by atoms with Gasteiger partial charge in [-0.05, 0) is 24.3 Å². The molecule has 0 atom stereocenters. The molecule has 0 bridgehead atoms. The number of piperazine rings is 1.